The summed E-state index contributed by atoms with van der Waals surface area (Å²) in [6.45, 7) is 0.627. The molecule has 3 aromatic rings. The third-order valence-corrected chi connectivity index (χ3v) is 4.79. The van der Waals surface area contributed by atoms with Gasteiger partial charge < -0.3 is 15.4 Å². The second-order valence-corrected chi connectivity index (χ2v) is 6.24. The van der Waals surface area contributed by atoms with Crippen LogP contribution in [0.2, 0.25) is 0 Å². The van der Waals surface area contributed by atoms with Crippen molar-refractivity contribution >= 4 is 0 Å². The molecule has 0 amide bonds. The topological polar surface area (TPSA) is 98.1 Å². The number of phenolic OH excluding ortho intramolecular Hbond substituents is 1. The highest BCUT2D eigenvalue weighted by molar-refractivity contribution is 5.60. The number of hydrogen-bond acceptors (Lipinski definition) is 6. The minimum atomic E-state index is 0.0418. The monoisotopic (exact) mass is 322 g/mol. The number of aromatic nitrogens is 3. The quantitative estimate of drug-likeness (QED) is 0.766. The van der Waals surface area contributed by atoms with Gasteiger partial charge in [-0.05, 0) is 37.1 Å². The first-order valence-electron chi connectivity index (χ1n) is 8.00. The number of rotatable bonds is 4. The Balaban J connectivity index is 1.61. The first-order chi connectivity index (χ1) is 11.7. The first-order valence-corrected chi connectivity index (χ1v) is 8.00. The number of pyridine rings is 1. The Morgan fingerprint density at radius 1 is 1.17 bits per heavy atom. The van der Waals surface area contributed by atoms with E-state index in [2.05, 4.69) is 15.1 Å². The molecule has 0 radical (unpaired) electrons. The van der Waals surface area contributed by atoms with Gasteiger partial charge in [-0.3, -0.25) is 4.98 Å². The molecular formula is C18H18N4O2. The molecular weight excluding hydrogens is 304 g/mol. The molecule has 3 N–H and O–H groups in total. The third kappa shape index (κ3) is 2.45. The van der Waals surface area contributed by atoms with E-state index in [1.54, 1.807) is 24.4 Å². The smallest absolute Gasteiger partial charge is 0.259 e. The van der Waals surface area contributed by atoms with E-state index in [4.69, 9.17) is 10.3 Å². The fourth-order valence-corrected chi connectivity index (χ4v) is 3.11. The highest BCUT2D eigenvalue weighted by Crippen LogP contribution is 2.42. The summed E-state index contributed by atoms with van der Waals surface area (Å²) >= 11 is 0. The predicted octanol–water partition coefficient (Wildman–Crippen LogP) is 2.88. The molecule has 122 valence electrons. The molecule has 2 aromatic heterocycles. The van der Waals surface area contributed by atoms with E-state index in [1.165, 1.54) is 6.42 Å². The van der Waals surface area contributed by atoms with Crippen molar-refractivity contribution in [3.05, 3.63) is 48.3 Å². The number of hydrogen-bond donors (Lipinski definition) is 2. The molecule has 0 unspecified atom stereocenters. The zero-order chi connectivity index (χ0) is 16.6. The van der Waals surface area contributed by atoms with Crippen LogP contribution in [0.4, 0.5) is 0 Å². The maximum atomic E-state index is 9.55. The maximum absolute atomic E-state index is 9.55. The number of phenols is 1. The lowest BCUT2D eigenvalue weighted by atomic mass is 9.66. The minimum Gasteiger partial charge on any atom is -0.508 e. The number of nitrogens with zero attached hydrogens (tertiary/aromatic N) is 3. The summed E-state index contributed by atoms with van der Waals surface area (Å²) in [6, 6.07) is 10.7. The second kappa shape index (κ2) is 5.72. The zero-order valence-corrected chi connectivity index (χ0v) is 13.1. The zero-order valence-electron chi connectivity index (χ0n) is 13.1. The lowest BCUT2D eigenvalue weighted by Crippen LogP contribution is -2.42. The molecule has 1 aromatic carbocycles. The average Bonchev–Trinajstić information content (AvgIpc) is 3.05. The standard InChI is InChI=1S/C18H18N4O2/c19-11-18(7-2-8-18)15-6-5-13(10-20-15)17-21-16(22-24-17)12-3-1-4-14(23)9-12/h1,3-6,9-10,23H,2,7-8,11,19H2. The summed E-state index contributed by atoms with van der Waals surface area (Å²) < 4.78 is 5.33. The molecule has 0 bridgehead atoms. The summed E-state index contributed by atoms with van der Waals surface area (Å²) in [5, 5.41) is 13.5. The minimum absolute atomic E-state index is 0.0418. The fourth-order valence-electron chi connectivity index (χ4n) is 3.11. The van der Waals surface area contributed by atoms with E-state index in [0.717, 1.165) is 24.1 Å². The largest absolute Gasteiger partial charge is 0.508 e. The predicted molar refractivity (Wildman–Crippen MR) is 89.2 cm³/mol. The molecule has 4 rings (SSSR count). The van der Waals surface area contributed by atoms with Gasteiger partial charge >= 0.3 is 0 Å². The van der Waals surface area contributed by atoms with Crippen molar-refractivity contribution in [2.24, 2.45) is 5.73 Å². The van der Waals surface area contributed by atoms with Crippen LogP contribution in [0.15, 0.2) is 47.1 Å². The normalized spacial score (nSPS) is 15.9. The summed E-state index contributed by atoms with van der Waals surface area (Å²) in [6.07, 6.45) is 5.15. The molecule has 0 atom stereocenters. The number of aromatic hydroxyl groups is 1. The van der Waals surface area contributed by atoms with Gasteiger partial charge in [-0.2, -0.15) is 4.98 Å². The van der Waals surface area contributed by atoms with E-state index >= 15 is 0 Å². The SMILES string of the molecule is NCC1(c2ccc(-c3nc(-c4cccc(O)c4)no3)cn2)CCC1. The maximum Gasteiger partial charge on any atom is 0.259 e. The lowest BCUT2D eigenvalue weighted by molar-refractivity contribution is 0.246. The van der Waals surface area contributed by atoms with Crippen molar-refractivity contribution < 1.29 is 9.63 Å². The van der Waals surface area contributed by atoms with Gasteiger partial charge in [0.1, 0.15) is 5.75 Å². The van der Waals surface area contributed by atoms with Gasteiger partial charge in [-0.25, -0.2) is 0 Å². The van der Waals surface area contributed by atoms with Gasteiger partial charge in [0, 0.05) is 29.4 Å². The Labute approximate surface area is 139 Å². The van der Waals surface area contributed by atoms with Gasteiger partial charge in [0.15, 0.2) is 0 Å². The molecule has 6 nitrogen and oxygen atoms in total. The van der Waals surface area contributed by atoms with Gasteiger partial charge in [0.2, 0.25) is 5.82 Å². The highest BCUT2D eigenvalue weighted by Gasteiger charge is 2.38. The summed E-state index contributed by atoms with van der Waals surface area (Å²) in [5.74, 6) is 1.00. The summed E-state index contributed by atoms with van der Waals surface area (Å²) in [7, 11) is 0. The molecule has 1 fully saturated rings. The van der Waals surface area contributed by atoms with Gasteiger partial charge in [-0.1, -0.05) is 23.7 Å². The van der Waals surface area contributed by atoms with E-state index in [1.807, 2.05) is 18.2 Å². The van der Waals surface area contributed by atoms with Crippen LogP contribution in [0.5, 0.6) is 5.75 Å². The van der Waals surface area contributed by atoms with Crippen LogP contribution in [-0.4, -0.2) is 26.8 Å². The Kier molecular flexibility index (Phi) is 3.54. The molecule has 24 heavy (non-hydrogen) atoms. The van der Waals surface area contributed by atoms with Crippen LogP contribution in [0.3, 0.4) is 0 Å². The lowest BCUT2D eigenvalue weighted by Gasteiger charge is -2.40. The third-order valence-electron chi connectivity index (χ3n) is 4.79. The molecule has 0 aliphatic heterocycles. The number of benzene rings is 1. The van der Waals surface area contributed by atoms with Crippen LogP contribution in [0, 0.1) is 0 Å². The Bertz CT molecular complexity index is 848. The molecule has 6 heteroatoms. The van der Waals surface area contributed by atoms with E-state index in [-0.39, 0.29) is 11.2 Å². The van der Waals surface area contributed by atoms with E-state index in [9.17, 15) is 5.11 Å². The van der Waals surface area contributed by atoms with E-state index in [0.29, 0.717) is 23.8 Å². The van der Waals surface area contributed by atoms with Crippen LogP contribution >= 0.6 is 0 Å². The van der Waals surface area contributed by atoms with E-state index < -0.39 is 0 Å². The van der Waals surface area contributed by atoms with Crippen molar-refractivity contribution in [1.82, 2.24) is 15.1 Å². The van der Waals surface area contributed by atoms with Crippen molar-refractivity contribution in [2.75, 3.05) is 6.54 Å². The van der Waals surface area contributed by atoms with Crippen molar-refractivity contribution in [2.45, 2.75) is 24.7 Å². The van der Waals surface area contributed by atoms with Crippen LogP contribution in [-0.2, 0) is 5.41 Å². The Morgan fingerprint density at radius 2 is 2.04 bits per heavy atom. The molecule has 2 heterocycles. The van der Waals surface area contributed by atoms with Crippen molar-refractivity contribution in [1.29, 1.82) is 0 Å². The first kappa shape index (κ1) is 14.8. The van der Waals surface area contributed by atoms with Crippen LogP contribution in [0.1, 0.15) is 25.0 Å². The summed E-state index contributed by atoms with van der Waals surface area (Å²) in [4.78, 5) is 8.95. The highest BCUT2D eigenvalue weighted by atomic mass is 16.5. The molecule has 1 saturated carbocycles. The van der Waals surface area contributed by atoms with Gasteiger partial charge in [0.25, 0.3) is 5.89 Å². The van der Waals surface area contributed by atoms with Crippen LogP contribution < -0.4 is 5.73 Å². The van der Waals surface area contributed by atoms with Gasteiger partial charge in [0.05, 0.1) is 5.56 Å². The summed E-state index contributed by atoms with van der Waals surface area (Å²) in [5.41, 5.74) is 8.47. The second-order valence-electron chi connectivity index (χ2n) is 6.24. The van der Waals surface area contributed by atoms with Crippen molar-refractivity contribution in [3.63, 3.8) is 0 Å². The average molecular weight is 322 g/mol. The molecule has 1 aliphatic carbocycles. The Hall–Kier alpha value is -2.73. The molecule has 1 aliphatic rings. The van der Waals surface area contributed by atoms with Gasteiger partial charge in [-0.15, -0.1) is 0 Å². The van der Waals surface area contributed by atoms with Crippen molar-refractivity contribution in [3.8, 4) is 28.6 Å². The molecule has 0 spiro atoms. The van der Waals surface area contributed by atoms with Crippen LogP contribution in [0.25, 0.3) is 22.8 Å². The number of nitrogens with two attached hydrogens (primary N) is 1. The fraction of sp³-hybridized carbons (Fsp3) is 0.278. The Morgan fingerprint density at radius 3 is 2.67 bits per heavy atom. The molecule has 0 saturated heterocycles.